The van der Waals surface area contributed by atoms with E-state index in [0.29, 0.717) is 6.54 Å². The van der Waals surface area contributed by atoms with Crippen molar-refractivity contribution in [3.05, 3.63) is 35.4 Å². The Bertz CT molecular complexity index is 377. The number of benzene rings is 1. The lowest BCUT2D eigenvalue weighted by atomic mass is 10.1. The maximum Gasteiger partial charge on any atom is 0.0233 e. The fraction of sp³-hybridized carbons (Fsp3) is 0.700. The molecule has 6 N–H and O–H groups in total. The van der Waals surface area contributed by atoms with Gasteiger partial charge in [-0.3, -0.25) is 4.90 Å². The second-order valence-corrected chi connectivity index (χ2v) is 6.70. The minimum absolute atomic E-state index is 0.617. The van der Waals surface area contributed by atoms with E-state index in [4.69, 9.17) is 17.2 Å². The predicted octanol–water partition coefficient (Wildman–Crippen LogP) is 2.99. The molecule has 0 radical (unpaired) electrons. The molecule has 1 rings (SSSR count). The van der Waals surface area contributed by atoms with Gasteiger partial charge in [0.2, 0.25) is 0 Å². The molecule has 0 aliphatic heterocycles. The molecule has 1 aromatic carbocycles. The molecule has 4 nitrogen and oxygen atoms in total. The van der Waals surface area contributed by atoms with Crippen LogP contribution in [0.5, 0.6) is 0 Å². The van der Waals surface area contributed by atoms with Crippen LogP contribution >= 0.6 is 0 Å². The number of rotatable bonds is 15. The van der Waals surface area contributed by atoms with E-state index >= 15 is 0 Å². The van der Waals surface area contributed by atoms with Crippen molar-refractivity contribution in [2.45, 2.75) is 64.5 Å². The van der Waals surface area contributed by atoms with Crippen LogP contribution in [-0.2, 0) is 13.1 Å². The number of hydrogen-bond donors (Lipinski definition) is 3. The van der Waals surface area contributed by atoms with Crippen molar-refractivity contribution in [1.29, 1.82) is 0 Å². The molecule has 138 valence electrons. The third-order valence-corrected chi connectivity index (χ3v) is 4.52. The van der Waals surface area contributed by atoms with Crippen molar-refractivity contribution >= 4 is 0 Å². The average molecular weight is 335 g/mol. The van der Waals surface area contributed by atoms with Gasteiger partial charge in [0.15, 0.2) is 0 Å². The summed E-state index contributed by atoms with van der Waals surface area (Å²) in [5, 5.41) is 0. The normalized spacial score (nSPS) is 11.3. The first-order chi connectivity index (χ1) is 11.8. The van der Waals surface area contributed by atoms with Crippen LogP contribution in [0.2, 0.25) is 0 Å². The molecule has 1 aromatic rings. The molecular weight excluding hydrogens is 296 g/mol. The topological polar surface area (TPSA) is 81.3 Å². The van der Waals surface area contributed by atoms with Crippen molar-refractivity contribution in [1.82, 2.24) is 4.90 Å². The Morgan fingerprint density at radius 2 is 1.04 bits per heavy atom. The summed E-state index contributed by atoms with van der Waals surface area (Å²) >= 11 is 0. The van der Waals surface area contributed by atoms with Gasteiger partial charge in [-0.05, 0) is 63.0 Å². The summed E-state index contributed by atoms with van der Waals surface area (Å²) < 4.78 is 0. The smallest absolute Gasteiger partial charge is 0.0233 e. The molecule has 0 unspecified atom stereocenters. The fourth-order valence-corrected chi connectivity index (χ4v) is 2.98. The van der Waals surface area contributed by atoms with Crippen LogP contribution in [0.3, 0.4) is 0 Å². The van der Waals surface area contributed by atoms with Crippen LogP contribution in [0.15, 0.2) is 24.3 Å². The summed E-state index contributed by atoms with van der Waals surface area (Å²) in [4.78, 5) is 2.60. The van der Waals surface area contributed by atoms with Gasteiger partial charge in [0.25, 0.3) is 0 Å². The van der Waals surface area contributed by atoms with Gasteiger partial charge in [-0.1, -0.05) is 49.9 Å². The lowest BCUT2D eigenvalue weighted by molar-refractivity contribution is 0.252. The number of nitrogens with zero attached hydrogens (tertiary/aromatic N) is 1. The van der Waals surface area contributed by atoms with E-state index in [1.54, 1.807) is 0 Å². The van der Waals surface area contributed by atoms with Crippen molar-refractivity contribution in [2.24, 2.45) is 17.2 Å². The maximum atomic E-state index is 5.68. The Hall–Kier alpha value is -0.940. The highest BCUT2D eigenvalue weighted by Crippen LogP contribution is 2.11. The Morgan fingerprint density at radius 3 is 1.50 bits per heavy atom. The highest BCUT2D eigenvalue weighted by atomic mass is 15.1. The molecule has 0 atom stereocenters. The van der Waals surface area contributed by atoms with Gasteiger partial charge in [-0.2, -0.15) is 0 Å². The molecule has 0 aliphatic rings. The zero-order valence-electron chi connectivity index (χ0n) is 15.4. The number of unbranched alkanes of at least 4 members (excludes halogenated alkanes) is 6. The second-order valence-electron chi connectivity index (χ2n) is 6.70. The van der Waals surface area contributed by atoms with E-state index < -0.39 is 0 Å². The largest absolute Gasteiger partial charge is 0.330 e. The molecule has 0 fully saturated rings. The van der Waals surface area contributed by atoms with Crippen molar-refractivity contribution in [2.75, 3.05) is 26.2 Å². The quantitative estimate of drug-likeness (QED) is 0.431. The number of hydrogen-bond acceptors (Lipinski definition) is 4. The molecule has 24 heavy (non-hydrogen) atoms. The van der Waals surface area contributed by atoms with Crippen molar-refractivity contribution in [3.63, 3.8) is 0 Å². The first-order valence-corrected chi connectivity index (χ1v) is 9.70. The second kappa shape index (κ2) is 14.4. The van der Waals surface area contributed by atoms with Gasteiger partial charge < -0.3 is 17.2 Å². The summed E-state index contributed by atoms with van der Waals surface area (Å²) in [5.41, 5.74) is 19.4. The minimum Gasteiger partial charge on any atom is -0.330 e. The molecule has 0 spiro atoms. The van der Waals surface area contributed by atoms with Crippen LogP contribution in [0.25, 0.3) is 0 Å². The molecular formula is C20H38N4. The van der Waals surface area contributed by atoms with E-state index in [9.17, 15) is 0 Å². The zero-order valence-corrected chi connectivity index (χ0v) is 15.4. The third kappa shape index (κ3) is 10.0. The standard InChI is InChI=1S/C20H38N4/c21-13-5-1-3-7-15-24(16-8-4-2-6-14-22)18-20-11-9-19(17-23)10-12-20/h9-12H,1-8,13-18,21-23H2. The van der Waals surface area contributed by atoms with Crippen LogP contribution in [0, 0.1) is 0 Å². The van der Waals surface area contributed by atoms with Crippen molar-refractivity contribution < 1.29 is 0 Å². The van der Waals surface area contributed by atoms with Gasteiger partial charge in [0, 0.05) is 13.1 Å². The summed E-state index contributed by atoms with van der Waals surface area (Å²) in [5.74, 6) is 0. The zero-order chi connectivity index (χ0) is 17.5. The Labute approximate surface area is 148 Å². The molecule has 0 aliphatic carbocycles. The molecule has 0 amide bonds. The van der Waals surface area contributed by atoms with Crippen LogP contribution in [0.4, 0.5) is 0 Å². The predicted molar refractivity (Wildman–Crippen MR) is 105 cm³/mol. The number of nitrogens with two attached hydrogens (primary N) is 3. The lowest BCUT2D eigenvalue weighted by Gasteiger charge is -2.22. The Balaban J connectivity index is 2.39. The van der Waals surface area contributed by atoms with Gasteiger partial charge in [0.05, 0.1) is 0 Å². The molecule has 0 aromatic heterocycles. The summed E-state index contributed by atoms with van der Waals surface area (Å²) in [6, 6.07) is 8.74. The van der Waals surface area contributed by atoms with E-state index in [0.717, 1.165) is 32.5 Å². The molecule has 0 heterocycles. The highest BCUT2D eigenvalue weighted by Gasteiger charge is 2.06. The Morgan fingerprint density at radius 1 is 0.583 bits per heavy atom. The van der Waals surface area contributed by atoms with Gasteiger partial charge in [-0.15, -0.1) is 0 Å². The average Bonchev–Trinajstić information content (AvgIpc) is 2.61. The molecule has 0 saturated heterocycles. The van der Waals surface area contributed by atoms with E-state index in [1.165, 1.54) is 62.7 Å². The van der Waals surface area contributed by atoms with E-state index in [-0.39, 0.29) is 0 Å². The summed E-state index contributed by atoms with van der Waals surface area (Å²) in [7, 11) is 0. The summed E-state index contributed by atoms with van der Waals surface area (Å²) in [6.07, 6.45) is 9.92. The van der Waals surface area contributed by atoms with Crippen molar-refractivity contribution in [3.8, 4) is 0 Å². The van der Waals surface area contributed by atoms with Crippen LogP contribution in [0.1, 0.15) is 62.5 Å². The minimum atomic E-state index is 0.617. The molecule has 4 heteroatoms. The highest BCUT2D eigenvalue weighted by molar-refractivity contribution is 5.22. The monoisotopic (exact) mass is 334 g/mol. The SMILES string of the molecule is NCCCCCCN(CCCCCCN)Cc1ccc(CN)cc1. The van der Waals surface area contributed by atoms with Gasteiger partial charge >= 0.3 is 0 Å². The first kappa shape index (κ1) is 21.1. The fourth-order valence-electron chi connectivity index (χ4n) is 2.98. The third-order valence-electron chi connectivity index (χ3n) is 4.52. The summed E-state index contributed by atoms with van der Waals surface area (Å²) in [6.45, 7) is 5.65. The molecule has 0 bridgehead atoms. The van der Waals surface area contributed by atoms with Gasteiger partial charge in [-0.25, -0.2) is 0 Å². The van der Waals surface area contributed by atoms with E-state index in [1.807, 2.05) is 0 Å². The Kier molecular flexibility index (Phi) is 12.7. The first-order valence-electron chi connectivity index (χ1n) is 9.70. The van der Waals surface area contributed by atoms with Crippen LogP contribution < -0.4 is 17.2 Å². The lowest BCUT2D eigenvalue weighted by Crippen LogP contribution is -2.25. The van der Waals surface area contributed by atoms with E-state index in [2.05, 4.69) is 29.2 Å². The maximum absolute atomic E-state index is 5.68. The van der Waals surface area contributed by atoms with Gasteiger partial charge in [0.1, 0.15) is 0 Å². The van der Waals surface area contributed by atoms with Crippen LogP contribution in [-0.4, -0.2) is 31.1 Å². The molecule has 0 saturated carbocycles.